The standard InChI is InChI=1S/C13H20N4OS/c1-2-14-13(15-7-10-5-6-19-9-10)16-8-12(18)17-11-3-4-11/h5-6,9,11H,2-4,7-8H2,1H3,(H,17,18)(H2,14,15,16). The molecule has 0 spiro atoms. The summed E-state index contributed by atoms with van der Waals surface area (Å²) in [7, 11) is 0. The largest absolute Gasteiger partial charge is 0.357 e. The summed E-state index contributed by atoms with van der Waals surface area (Å²) >= 11 is 1.66. The fourth-order valence-corrected chi connectivity index (χ4v) is 2.22. The number of amides is 1. The molecule has 1 aliphatic rings. The normalized spacial score (nSPS) is 15.1. The number of guanidine groups is 1. The van der Waals surface area contributed by atoms with Crippen LogP contribution in [0.25, 0.3) is 0 Å². The number of hydrogen-bond donors (Lipinski definition) is 3. The molecule has 0 aromatic carbocycles. The van der Waals surface area contributed by atoms with Crippen LogP contribution in [0.15, 0.2) is 21.8 Å². The van der Waals surface area contributed by atoms with Crippen LogP contribution in [0.2, 0.25) is 0 Å². The predicted octanol–water partition coefficient (Wildman–Crippen LogP) is 1.08. The van der Waals surface area contributed by atoms with Crippen molar-refractivity contribution in [1.29, 1.82) is 0 Å². The number of nitrogens with one attached hydrogen (secondary N) is 3. The smallest absolute Gasteiger partial charge is 0.239 e. The van der Waals surface area contributed by atoms with Gasteiger partial charge in [0.05, 0.1) is 13.1 Å². The van der Waals surface area contributed by atoms with Gasteiger partial charge in [0, 0.05) is 12.6 Å². The van der Waals surface area contributed by atoms with E-state index in [1.54, 1.807) is 11.3 Å². The number of aliphatic imine (C=N–C) groups is 1. The van der Waals surface area contributed by atoms with E-state index < -0.39 is 0 Å². The van der Waals surface area contributed by atoms with E-state index in [0.717, 1.165) is 19.4 Å². The highest BCUT2D eigenvalue weighted by molar-refractivity contribution is 7.07. The van der Waals surface area contributed by atoms with Crippen LogP contribution < -0.4 is 16.0 Å². The van der Waals surface area contributed by atoms with Gasteiger partial charge in [-0.25, -0.2) is 4.99 Å². The Kier molecular flexibility index (Phi) is 5.20. The lowest BCUT2D eigenvalue weighted by Gasteiger charge is -2.11. The van der Waals surface area contributed by atoms with Gasteiger partial charge in [-0.3, -0.25) is 4.79 Å². The average molecular weight is 280 g/mol. The van der Waals surface area contributed by atoms with Crippen molar-refractivity contribution in [2.45, 2.75) is 32.4 Å². The molecule has 0 unspecified atom stereocenters. The zero-order valence-electron chi connectivity index (χ0n) is 11.1. The number of nitrogens with zero attached hydrogens (tertiary/aromatic N) is 1. The van der Waals surface area contributed by atoms with Gasteiger partial charge in [-0.05, 0) is 42.2 Å². The third-order valence-corrected chi connectivity index (χ3v) is 3.43. The Morgan fingerprint density at radius 2 is 2.32 bits per heavy atom. The molecular weight excluding hydrogens is 260 g/mol. The molecule has 3 N–H and O–H groups in total. The van der Waals surface area contributed by atoms with Gasteiger partial charge in [0.25, 0.3) is 0 Å². The van der Waals surface area contributed by atoms with Gasteiger partial charge in [-0.1, -0.05) is 0 Å². The van der Waals surface area contributed by atoms with Crippen LogP contribution in [0.5, 0.6) is 0 Å². The molecule has 2 rings (SSSR count). The van der Waals surface area contributed by atoms with E-state index in [4.69, 9.17) is 0 Å². The summed E-state index contributed by atoms with van der Waals surface area (Å²) in [5.74, 6) is 0.711. The lowest BCUT2D eigenvalue weighted by atomic mass is 10.3. The third-order valence-electron chi connectivity index (χ3n) is 2.70. The Morgan fingerprint density at radius 3 is 2.95 bits per heavy atom. The first-order chi connectivity index (χ1) is 9.28. The quantitative estimate of drug-likeness (QED) is 0.540. The van der Waals surface area contributed by atoms with Crippen LogP contribution in [0, 0.1) is 0 Å². The topological polar surface area (TPSA) is 65.5 Å². The summed E-state index contributed by atoms with van der Waals surface area (Å²) in [4.78, 5) is 16.0. The fourth-order valence-electron chi connectivity index (χ4n) is 1.57. The summed E-state index contributed by atoms with van der Waals surface area (Å²) in [5.41, 5.74) is 1.18. The number of carbonyl (C=O) groups is 1. The van der Waals surface area contributed by atoms with Crippen molar-refractivity contribution in [2.24, 2.45) is 4.99 Å². The van der Waals surface area contributed by atoms with Crippen LogP contribution in [0.3, 0.4) is 0 Å². The predicted molar refractivity (Wildman–Crippen MR) is 78.3 cm³/mol. The molecule has 0 aliphatic heterocycles. The van der Waals surface area contributed by atoms with Gasteiger partial charge in [0.2, 0.25) is 5.91 Å². The van der Waals surface area contributed by atoms with Gasteiger partial charge >= 0.3 is 0 Å². The molecular formula is C13H20N4OS. The first-order valence-corrected chi connectivity index (χ1v) is 7.55. The van der Waals surface area contributed by atoms with E-state index in [-0.39, 0.29) is 12.5 Å². The van der Waals surface area contributed by atoms with Crippen molar-refractivity contribution in [3.8, 4) is 0 Å². The van der Waals surface area contributed by atoms with Crippen molar-refractivity contribution in [3.63, 3.8) is 0 Å². The van der Waals surface area contributed by atoms with E-state index in [9.17, 15) is 4.79 Å². The molecule has 0 saturated heterocycles. The zero-order valence-corrected chi connectivity index (χ0v) is 11.9. The van der Waals surface area contributed by atoms with Crippen molar-refractivity contribution in [2.75, 3.05) is 13.1 Å². The molecule has 1 amide bonds. The minimum absolute atomic E-state index is 0.0311. The highest BCUT2D eigenvalue weighted by Gasteiger charge is 2.22. The Morgan fingerprint density at radius 1 is 1.47 bits per heavy atom. The van der Waals surface area contributed by atoms with Gasteiger partial charge < -0.3 is 16.0 Å². The Bertz CT molecular complexity index is 426. The maximum atomic E-state index is 11.6. The van der Waals surface area contributed by atoms with Crippen LogP contribution in [0.4, 0.5) is 0 Å². The van der Waals surface area contributed by atoms with Gasteiger partial charge in [-0.2, -0.15) is 11.3 Å². The average Bonchev–Trinajstić information content (AvgIpc) is 3.05. The minimum Gasteiger partial charge on any atom is -0.357 e. The zero-order chi connectivity index (χ0) is 13.5. The second kappa shape index (κ2) is 7.13. The van der Waals surface area contributed by atoms with Crippen LogP contribution in [0.1, 0.15) is 25.3 Å². The van der Waals surface area contributed by atoms with Crippen LogP contribution in [-0.4, -0.2) is 31.0 Å². The minimum atomic E-state index is 0.0311. The lowest BCUT2D eigenvalue weighted by Crippen LogP contribution is -2.43. The Hall–Kier alpha value is -1.56. The maximum absolute atomic E-state index is 11.6. The lowest BCUT2D eigenvalue weighted by molar-refractivity contribution is -0.120. The first-order valence-electron chi connectivity index (χ1n) is 6.60. The summed E-state index contributed by atoms with van der Waals surface area (Å²) < 4.78 is 0. The summed E-state index contributed by atoms with van der Waals surface area (Å²) in [5, 5.41) is 13.2. The summed E-state index contributed by atoms with van der Waals surface area (Å²) in [6.07, 6.45) is 2.22. The highest BCUT2D eigenvalue weighted by Crippen LogP contribution is 2.18. The molecule has 1 aromatic rings. The number of hydrogen-bond acceptors (Lipinski definition) is 3. The fraction of sp³-hybridized carbons (Fsp3) is 0.538. The molecule has 0 atom stereocenters. The van der Waals surface area contributed by atoms with Crippen molar-refractivity contribution < 1.29 is 4.79 Å². The number of thiophene rings is 1. The Balaban J connectivity index is 1.77. The van der Waals surface area contributed by atoms with Crippen molar-refractivity contribution >= 4 is 23.2 Å². The molecule has 0 bridgehead atoms. The van der Waals surface area contributed by atoms with Crippen LogP contribution >= 0.6 is 11.3 Å². The molecule has 1 aliphatic carbocycles. The van der Waals surface area contributed by atoms with Crippen molar-refractivity contribution in [3.05, 3.63) is 22.4 Å². The molecule has 1 saturated carbocycles. The van der Waals surface area contributed by atoms with Gasteiger partial charge in [0.1, 0.15) is 0 Å². The Labute approximate surface area is 117 Å². The first kappa shape index (κ1) is 13.9. The summed E-state index contributed by atoms with van der Waals surface area (Å²) in [6, 6.07) is 2.46. The van der Waals surface area contributed by atoms with E-state index in [1.807, 2.05) is 12.3 Å². The van der Waals surface area contributed by atoms with Gasteiger partial charge in [0.15, 0.2) is 5.96 Å². The molecule has 1 aromatic heterocycles. The van der Waals surface area contributed by atoms with Crippen LogP contribution in [-0.2, 0) is 11.3 Å². The number of carbonyl (C=O) groups excluding carboxylic acids is 1. The highest BCUT2D eigenvalue weighted by atomic mass is 32.1. The molecule has 1 heterocycles. The second-order valence-electron chi connectivity index (χ2n) is 4.52. The van der Waals surface area contributed by atoms with Crippen molar-refractivity contribution in [1.82, 2.24) is 16.0 Å². The summed E-state index contributed by atoms with van der Waals surface area (Å²) in [6.45, 7) is 3.68. The maximum Gasteiger partial charge on any atom is 0.239 e. The third kappa shape index (κ3) is 5.30. The molecule has 19 heavy (non-hydrogen) atoms. The van der Waals surface area contributed by atoms with Gasteiger partial charge in [-0.15, -0.1) is 0 Å². The van der Waals surface area contributed by atoms with E-state index in [2.05, 4.69) is 32.4 Å². The second-order valence-corrected chi connectivity index (χ2v) is 5.30. The van der Waals surface area contributed by atoms with E-state index in [0.29, 0.717) is 18.5 Å². The number of rotatable bonds is 6. The molecule has 6 heteroatoms. The van der Waals surface area contributed by atoms with E-state index in [1.165, 1.54) is 5.56 Å². The monoisotopic (exact) mass is 280 g/mol. The van der Waals surface area contributed by atoms with E-state index >= 15 is 0 Å². The molecule has 0 radical (unpaired) electrons. The molecule has 5 nitrogen and oxygen atoms in total. The SMILES string of the molecule is CCNC(=NCc1ccsc1)NCC(=O)NC1CC1. The molecule has 1 fully saturated rings. The molecule has 104 valence electrons.